The van der Waals surface area contributed by atoms with Crippen molar-refractivity contribution in [2.24, 2.45) is 11.7 Å². The number of hydrogen-bond acceptors (Lipinski definition) is 2. The predicted molar refractivity (Wildman–Crippen MR) is 85.7 cm³/mol. The molecule has 0 bridgehead atoms. The third kappa shape index (κ3) is 4.03. The fourth-order valence-electron chi connectivity index (χ4n) is 1.52. The monoisotopic (exact) mass is 392 g/mol. The van der Waals surface area contributed by atoms with E-state index in [-0.39, 0.29) is 10.9 Å². The topological polar surface area (TPSA) is 55.1 Å². The lowest BCUT2D eigenvalue weighted by Gasteiger charge is -2.16. The molecule has 3 nitrogen and oxygen atoms in total. The lowest BCUT2D eigenvalue weighted by molar-refractivity contribution is -0.118. The summed E-state index contributed by atoms with van der Waals surface area (Å²) in [6, 6.07) is 5.59. The van der Waals surface area contributed by atoms with Crippen LogP contribution in [0.3, 0.4) is 0 Å². The molecule has 0 heterocycles. The Hall–Kier alpha value is -0.460. The minimum atomic E-state index is -0.427. The highest BCUT2D eigenvalue weighted by molar-refractivity contribution is 9.11. The molecule has 0 saturated carbocycles. The molecule has 0 saturated heterocycles. The second-order valence-corrected chi connectivity index (χ2v) is 6.01. The average molecular weight is 394 g/mol. The average Bonchev–Trinajstić information content (AvgIpc) is 2.30. The Balaban J connectivity index is 2.89. The highest BCUT2D eigenvalue weighted by Crippen LogP contribution is 2.31. The number of thiocarbonyl (C=S) groups is 1. The molecule has 3 N–H and O–H groups in total. The van der Waals surface area contributed by atoms with Crippen LogP contribution in [0.4, 0.5) is 5.69 Å². The summed E-state index contributed by atoms with van der Waals surface area (Å²) in [6.45, 7) is 1.99. The normalized spacial score (nSPS) is 11.9. The molecule has 0 radical (unpaired) electrons. The Labute approximate surface area is 129 Å². The Morgan fingerprint density at radius 1 is 1.44 bits per heavy atom. The molecule has 18 heavy (non-hydrogen) atoms. The smallest absolute Gasteiger partial charge is 0.234 e. The van der Waals surface area contributed by atoms with Gasteiger partial charge in [-0.15, -0.1) is 0 Å². The minimum absolute atomic E-state index is 0.169. The van der Waals surface area contributed by atoms with E-state index in [4.69, 9.17) is 18.0 Å². The van der Waals surface area contributed by atoms with Crippen molar-refractivity contribution in [1.82, 2.24) is 0 Å². The van der Waals surface area contributed by atoms with Crippen LogP contribution in [0.25, 0.3) is 0 Å². The van der Waals surface area contributed by atoms with Crippen LogP contribution in [-0.4, -0.2) is 10.9 Å². The standard InChI is InChI=1S/C12H14Br2N2OS/c1-2-4-7(11(15)18)12(17)16-10-8(13)5-3-6-9(10)14/h3,5-7H,2,4H2,1H3,(H2,15,18)(H,16,17). The first kappa shape index (κ1) is 15.6. The zero-order valence-corrected chi connectivity index (χ0v) is 13.9. The Morgan fingerprint density at radius 2 is 2.00 bits per heavy atom. The third-order valence-electron chi connectivity index (χ3n) is 2.45. The summed E-state index contributed by atoms with van der Waals surface area (Å²) in [5.41, 5.74) is 6.29. The van der Waals surface area contributed by atoms with Crippen LogP contribution < -0.4 is 11.1 Å². The van der Waals surface area contributed by atoms with Gasteiger partial charge < -0.3 is 11.1 Å². The van der Waals surface area contributed by atoms with Crippen molar-refractivity contribution >= 4 is 60.7 Å². The van der Waals surface area contributed by atoms with Crippen molar-refractivity contribution in [3.63, 3.8) is 0 Å². The highest BCUT2D eigenvalue weighted by atomic mass is 79.9. The number of nitrogens with two attached hydrogens (primary N) is 1. The lowest BCUT2D eigenvalue weighted by Crippen LogP contribution is -2.33. The van der Waals surface area contributed by atoms with Crippen molar-refractivity contribution in [3.8, 4) is 0 Å². The van der Waals surface area contributed by atoms with Gasteiger partial charge in [0.15, 0.2) is 0 Å². The molecule has 0 aromatic heterocycles. The third-order valence-corrected chi connectivity index (χ3v) is 4.05. The zero-order chi connectivity index (χ0) is 13.7. The number of carbonyl (C=O) groups excluding carboxylic acids is 1. The van der Waals surface area contributed by atoms with E-state index in [0.29, 0.717) is 12.1 Å². The summed E-state index contributed by atoms with van der Waals surface area (Å²) >= 11 is 11.7. The largest absolute Gasteiger partial charge is 0.393 e. The number of halogens is 2. The quantitative estimate of drug-likeness (QED) is 0.747. The molecule has 0 spiro atoms. The fourth-order valence-corrected chi connectivity index (χ4v) is 2.94. The fraction of sp³-hybridized carbons (Fsp3) is 0.333. The van der Waals surface area contributed by atoms with Gasteiger partial charge in [-0.3, -0.25) is 4.79 Å². The maximum absolute atomic E-state index is 12.1. The van der Waals surface area contributed by atoms with Crippen LogP contribution in [-0.2, 0) is 4.79 Å². The van der Waals surface area contributed by atoms with Gasteiger partial charge in [-0.25, -0.2) is 0 Å². The first-order valence-corrected chi connectivity index (χ1v) is 7.51. The first-order chi connectivity index (χ1) is 8.47. The number of amides is 1. The van der Waals surface area contributed by atoms with Gasteiger partial charge in [0.2, 0.25) is 5.91 Å². The molecule has 98 valence electrons. The van der Waals surface area contributed by atoms with Gasteiger partial charge in [0.1, 0.15) is 0 Å². The summed E-state index contributed by atoms with van der Waals surface area (Å²) in [7, 11) is 0. The summed E-state index contributed by atoms with van der Waals surface area (Å²) in [6.07, 6.45) is 1.51. The van der Waals surface area contributed by atoms with Gasteiger partial charge in [-0.05, 0) is 50.4 Å². The van der Waals surface area contributed by atoms with Crippen LogP contribution in [0.15, 0.2) is 27.1 Å². The molecule has 0 aliphatic carbocycles. The van der Waals surface area contributed by atoms with Gasteiger partial charge in [-0.1, -0.05) is 31.6 Å². The summed E-state index contributed by atoms with van der Waals surface area (Å²) < 4.78 is 1.62. The highest BCUT2D eigenvalue weighted by Gasteiger charge is 2.21. The minimum Gasteiger partial charge on any atom is -0.393 e. The molecule has 1 amide bonds. The molecule has 0 aliphatic rings. The van der Waals surface area contributed by atoms with E-state index in [2.05, 4.69) is 37.2 Å². The number of carbonyl (C=O) groups is 1. The maximum atomic E-state index is 12.1. The van der Waals surface area contributed by atoms with E-state index < -0.39 is 5.92 Å². The summed E-state index contributed by atoms with van der Waals surface area (Å²) in [5.74, 6) is -0.596. The lowest BCUT2D eigenvalue weighted by atomic mass is 10.0. The van der Waals surface area contributed by atoms with Crippen LogP contribution in [0.1, 0.15) is 19.8 Å². The summed E-state index contributed by atoms with van der Waals surface area (Å²) in [5, 5.41) is 2.84. The molecule has 0 aliphatic heterocycles. The van der Waals surface area contributed by atoms with Crippen LogP contribution in [0, 0.1) is 5.92 Å². The second kappa shape index (κ2) is 7.21. The van der Waals surface area contributed by atoms with Crippen molar-refractivity contribution in [2.45, 2.75) is 19.8 Å². The van der Waals surface area contributed by atoms with E-state index in [0.717, 1.165) is 15.4 Å². The predicted octanol–water partition coefficient (Wildman–Crippen LogP) is 3.85. The van der Waals surface area contributed by atoms with Crippen molar-refractivity contribution in [2.75, 3.05) is 5.32 Å². The second-order valence-electron chi connectivity index (χ2n) is 3.83. The van der Waals surface area contributed by atoms with Crippen molar-refractivity contribution in [1.29, 1.82) is 0 Å². The van der Waals surface area contributed by atoms with Crippen LogP contribution in [0.2, 0.25) is 0 Å². The van der Waals surface area contributed by atoms with E-state index in [1.54, 1.807) is 0 Å². The van der Waals surface area contributed by atoms with E-state index >= 15 is 0 Å². The van der Waals surface area contributed by atoms with Gasteiger partial charge in [0, 0.05) is 8.95 Å². The van der Waals surface area contributed by atoms with E-state index in [1.807, 2.05) is 25.1 Å². The van der Waals surface area contributed by atoms with E-state index in [9.17, 15) is 4.79 Å². The molecular weight excluding hydrogens is 380 g/mol. The molecule has 1 aromatic carbocycles. The van der Waals surface area contributed by atoms with Gasteiger partial charge in [0.05, 0.1) is 16.6 Å². The Kier molecular flexibility index (Phi) is 6.25. The Bertz CT molecular complexity index is 445. The van der Waals surface area contributed by atoms with Crippen molar-refractivity contribution in [3.05, 3.63) is 27.1 Å². The van der Waals surface area contributed by atoms with Gasteiger partial charge in [-0.2, -0.15) is 0 Å². The van der Waals surface area contributed by atoms with Gasteiger partial charge in [0.25, 0.3) is 0 Å². The number of anilines is 1. The Morgan fingerprint density at radius 3 is 2.44 bits per heavy atom. The molecule has 1 unspecified atom stereocenters. The number of rotatable bonds is 5. The number of benzene rings is 1. The molecule has 1 rings (SSSR count). The van der Waals surface area contributed by atoms with E-state index in [1.165, 1.54) is 0 Å². The molecule has 0 fully saturated rings. The first-order valence-electron chi connectivity index (χ1n) is 5.51. The molecular formula is C12H14Br2N2OS. The maximum Gasteiger partial charge on any atom is 0.234 e. The number of nitrogens with one attached hydrogen (secondary N) is 1. The molecule has 1 atom stereocenters. The number of hydrogen-bond donors (Lipinski definition) is 2. The molecule has 1 aromatic rings. The van der Waals surface area contributed by atoms with Gasteiger partial charge >= 0.3 is 0 Å². The van der Waals surface area contributed by atoms with Crippen LogP contribution >= 0.6 is 44.1 Å². The SMILES string of the molecule is CCCC(C(=O)Nc1c(Br)cccc1Br)C(N)=S. The molecule has 6 heteroatoms. The van der Waals surface area contributed by atoms with Crippen LogP contribution in [0.5, 0.6) is 0 Å². The number of para-hydroxylation sites is 1. The van der Waals surface area contributed by atoms with Crippen molar-refractivity contribution < 1.29 is 4.79 Å². The zero-order valence-electron chi connectivity index (χ0n) is 9.87. The summed E-state index contributed by atoms with van der Waals surface area (Å²) in [4.78, 5) is 12.4.